The Balaban J connectivity index is 1.82. The molecule has 4 aromatic rings. The molecule has 0 bridgehead atoms. The smallest absolute Gasteiger partial charge is 0.269 e. The molecule has 0 fully saturated rings. The Morgan fingerprint density at radius 2 is 1.72 bits per heavy atom. The predicted octanol–water partition coefficient (Wildman–Crippen LogP) is 5.70. The summed E-state index contributed by atoms with van der Waals surface area (Å²) in [5.41, 5.74) is 2.51. The van der Waals surface area contributed by atoms with E-state index in [0.29, 0.717) is 21.8 Å². The first-order valence-electron chi connectivity index (χ1n) is 8.86. The molecule has 0 saturated heterocycles. The number of nitrogens with one attached hydrogen (secondary N) is 1. The molecule has 7 heteroatoms. The fourth-order valence-corrected chi connectivity index (χ4v) is 3.50. The second-order valence-electron chi connectivity index (χ2n) is 6.48. The summed E-state index contributed by atoms with van der Waals surface area (Å²) in [7, 11) is 0. The monoisotopic (exact) mass is 405 g/mol. The van der Waals surface area contributed by atoms with Crippen molar-refractivity contribution in [2.24, 2.45) is 0 Å². The van der Waals surface area contributed by atoms with Crippen molar-refractivity contribution in [3.05, 3.63) is 105 Å². The molecule has 1 aromatic heterocycles. The Kier molecular flexibility index (Phi) is 5.01. The molecule has 1 heterocycles. The normalized spacial score (nSPS) is 11.9. The number of fused-ring (bicyclic) bond motifs is 1. The molecular formula is C22H16ClN3O3. The first-order valence-corrected chi connectivity index (χ1v) is 9.24. The number of benzene rings is 3. The lowest BCUT2D eigenvalue weighted by atomic mass is 9.96. The fraction of sp³-hybridized carbons (Fsp3) is 0.0455. The Labute approximate surface area is 171 Å². The summed E-state index contributed by atoms with van der Waals surface area (Å²) < 4.78 is 0. The minimum absolute atomic E-state index is 0.00240. The third kappa shape index (κ3) is 3.70. The fourth-order valence-electron chi connectivity index (χ4n) is 3.26. The van der Waals surface area contributed by atoms with Crippen molar-refractivity contribution in [2.75, 3.05) is 5.32 Å². The number of rotatable bonds is 5. The Morgan fingerprint density at radius 3 is 2.45 bits per heavy atom. The van der Waals surface area contributed by atoms with E-state index in [1.165, 1.54) is 12.1 Å². The molecule has 0 saturated carbocycles. The van der Waals surface area contributed by atoms with Crippen molar-refractivity contribution in [3.63, 3.8) is 0 Å². The van der Waals surface area contributed by atoms with Gasteiger partial charge in [0.05, 0.1) is 11.0 Å². The molecule has 0 aliphatic heterocycles. The van der Waals surface area contributed by atoms with Gasteiger partial charge in [-0.2, -0.15) is 0 Å². The third-order valence-electron chi connectivity index (χ3n) is 4.70. The summed E-state index contributed by atoms with van der Waals surface area (Å²) >= 11 is 6.45. The van der Waals surface area contributed by atoms with Gasteiger partial charge in [0.2, 0.25) is 0 Å². The lowest BCUT2D eigenvalue weighted by molar-refractivity contribution is -0.384. The van der Waals surface area contributed by atoms with E-state index in [1.54, 1.807) is 24.4 Å². The molecule has 0 amide bonds. The first kappa shape index (κ1) is 18.7. The summed E-state index contributed by atoms with van der Waals surface area (Å²) in [5, 5.41) is 26.5. The average Bonchev–Trinajstić information content (AvgIpc) is 2.74. The SMILES string of the molecule is O=[N+]([O-])c1ccc(N[C@H](c2ccccc2Cl)c2ccc3cccnc3c2O)cc1. The first-order chi connectivity index (χ1) is 14.0. The molecule has 2 N–H and O–H groups in total. The van der Waals surface area contributed by atoms with Gasteiger partial charge in [-0.1, -0.05) is 48.0 Å². The van der Waals surface area contributed by atoms with Gasteiger partial charge < -0.3 is 10.4 Å². The number of aromatic hydroxyl groups is 1. The number of phenols is 1. The van der Waals surface area contributed by atoms with Gasteiger partial charge >= 0.3 is 0 Å². The Morgan fingerprint density at radius 1 is 0.966 bits per heavy atom. The minimum Gasteiger partial charge on any atom is -0.505 e. The molecule has 4 rings (SSSR count). The standard InChI is InChI=1S/C22H16ClN3O3/c23-19-6-2-1-5-17(19)21(25-15-8-10-16(11-9-15)26(28)29)18-12-7-14-4-3-13-24-20(14)22(18)27/h1-13,21,25,27H/t21-/m1/s1. The van der Waals surface area contributed by atoms with Gasteiger partial charge in [-0.15, -0.1) is 0 Å². The van der Waals surface area contributed by atoms with E-state index in [-0.39, 0.29) is 11.4 Å². The van der Waals surface area contributed by atoms with Crippen LogP contribution in [0.4, 0.5) is 11.4 Å². The van der Waals surface area contributed by atoms with Crippen molar-refractivity contribution in [3.8, 4) is 5.75 Å². The van der Waals surface area contributed by atoms with Crippen LogP contribution in [0.5, 0.6) is 5.75 Å². The molecule has 0 aliphatic carbocycles. The molecule has 0 unspecified atom stereocenters. The van der Waals surface area contributed by atoms with E-state index in [0.717, 1.165) is 10.9 Å². The second kappa shape index (κ2) is 7.77. The van der Waals surface area contributed by atoms with Crippen LogP contribution in [0.15, 0.2) is 79.0 Å². The van der Waals surface area contributed by atoms with Crippen LogP contribution in [-0.4, -0.2) is 15.0 Å². The molecule has 6 nitrogen and oxygen atoms in total. The molecular weight excluding hydrogens is 390 g/mol. The zero-order valence-corrected chi connectivity index (χ0v) is 15.9. The molecule has 29 heavy (non-hydrogen) atoms. The Bertz CT molecular complexity index is 1200. The van der Waals surface area contributed by atoms with E-state index >= 15 is 0 Å². The van der Waals surface area contributed by atoms with Crippen molar-refractivity contribution >= 4 is 33.9 Å². The maximum atomic E-state index is 10.9. The van der Waals surface area contributed by atoms with Gasteiger partial charge in [-0.25, -0.2) is 0 Å². The van der Waals surface area contributed by atoms with Crippen LogP contribution in [0, 0.1) is 10.1 Å². The number of hydrogen-bond donors (Lipinski definition) is 2. The van der Waals surface area contributed by atoms with E-state index in [1.807, 2.05) is 42.5 Å². The predicted molar refractivity (Wildman–Crippen MR) is 113 cm³/mol. The van der Waals surface area contributed by atoms with Gasteiger partial charge in [0.15, 0.2) is 0 Å². The van der Waals surface area contributed by atoms with Crippen LogP contribution in [0.3, 0.4) is 0 Å². The lowest BCUT2D eigenvalue weighted by Crippen LogP contribution is -2.13. The van der Waals surface area contributed by atoms with Gasteiger partial charge in [0.1, 0.15) is 11.3 Å². The summed E-state index contributed by atoms with van der Waals surface area (Å²) in [4.78, 5) is 14.8. The van der Waals surface area contributed by atoms with Crippen molar-refractivity contribution < 1.29 is 10.0 Å². The number of anilines is 1. The number of aromatic nitrogens is 1. The highest BCUT2D eigenvalue weighted by Crippen LogP contribution is 2.38. The van der Waals surface area contributed by atoms with Gasteiger partial charge in [0, 0.05) is 40.0 Å². The third-order valence-corrected chi connectivity index (χ3v) is 5.04. The number of nitro groups is 1. The van der Waals surface area contributed by atoms with Crippen LogP contribution in [0.1, 0.15) is 17.2 Å². The summed E-state index contributed by atoms with van der Waals surface area (Å²) in [6.45, 7) is 0. The van der Waals surface area contributed by atoms with E-state index < -0.39 is 11.0 Å². The minimum atomic E-state index is -0.489. The highest BCUT2D eigenvalue weighted by molar-refractivity contribution is 6.31. The molecule has 0 radical (unpaired) electrons. The molecule has 3 aromatic carbocycles. The largest absolute Gasteiger partial charge is 0.505 e. The van der Waals surface area contributed by atoms with Crippen molar-refractivity contribution in [1.29, 1.82) is 0 Å². The van der Waals surface area contributed by atoms with Gasteiger partial charge in [-0.05, 0) is 29.8 Å². The topological polar surface area (TPSA) is 88.3 Å². The summed E-state index contributed by atoms with van der Waals surface area (Å²) in [5.74, 6) is 0.0578. The highest BCUT2D eigenvalue weighted by atomic mass is 35.5. The number of halogens is 1. The number of pyridine rings is 1. The zero-order chi connectivity index (χ0) is 20.4. The average molecular weight is 406 g/mol. The Hall–Kier alpha value is -3.64. The number of phenolic OH excluding ortho intramolecular Hbond substituents is 1. The van der Waals surface area contributed by atoms with Crippen LogP contribution in [-0.2, 0) is 0 Å². The van der Waals surface area contributed by atoms with Crippen LogP contribution < -0.4 is 5.32 Å². The maximum absolute atomic E-state index is 10.9. The van der Waals surface area contributed by atoms with Gasteiger partial charge in [-0.3, -0.25) is 15.1 Å². The van der Waals surface area contributed by atoms with Crippen LogP contribution >= 0.6 is 11.6 Å². The number of non-ortho nitro benzene ring substituents is 1. The molecule has 0 spiro atoms. The van der Waals surface area contributed by atoms with Crippen molar-refractivity contribution in [1.82, 2.24) is 4.98 Å². The number of nitro benzene ring substituents is 1. The molecule has 144 valence electrons. The molecule has 1 atom stereocenters. The number of nitrogens with zero attached hydrogens (tertiary/aromatic N) is 2. The van der Waals surface area contributed by atoms with Gasteiger partial charge in [0.25, 0.3) is 5.69 Å². The summed E-state index contributed by atoms with van der Waals surface area (Å²) in [6, 6.07) is 20.3. The van der Waals surface area contributed by atoms with Crippen molar-refractivity contribution in [2.45, 2.75) is 6.04 Å². The zero-order valence-electron chi connectivity index (χ0n) is 15.1. The maximum Gasteiger partial charge on any atom is 0.269 e. The number of hydrogen-bond acceptors (Lipinski definition) is 5. The van der Waals surface area contributed by atoms with Crippen LogP contribution in [0.2, 0.25) is 5.02 Å². The second-order valence-corrected chi connectivity index (χ2v) is 6.89. The molecule has 0 aliphatic rings. The lowest BCUT2D eigenvalue weighted by Gasteiger charge is -2.23. The highest BCUT2D eigenvalue weighted by Gasteiger charge is 2.22. The van der Waals surface area contributed by atoms with E-state index in [9.17, 15) is 15.2 Å². The summed E-state index contributed by atoms with van der Waals surface area (Å²) in [6.07, 6.45) is 1.63. The quantitative estimate of drug-likeness (QED) is 0.328. The van der Waals surface area contributed by atoms with E-state index in [2.05, 4.69) is 10.3 Å². The van der Waals surface area contributed by atoms with Crippen LogP contribution in [0.25, 0.3) is 10.9 Å². The van der Waals surface area contributed by atoms with E-state index in [4.69, 9.17) is 11.6 Å².